The van der Waals surface area contributed by atoms with E-state index in [1.54, 1.807) is 6.07 Å². The molecule has 1 aromatic carbocycles. The molecule has 0 aromatic heterocycles. The van der Waals surface area contributed by atoms with E-state index in [4.69, 9.17) is 10.5 Å². The van der Waals surface area contributed by atoms with E-state index in [2.05, 4.69) is 21.2 Å². The third-order valence-electron chi connectivity index (χ3n) is 3.39. The summed E-state index contributed by atoms with van der Waals surface area (Å²) in [5.74, 6) is -0.641. The molecule has 0 saturated heterocycles. The van der Waals surface area contributed by atoms with Gasteiger partial charge in [-0.3, -0.25) is 4.79 Å². The predicted octanol–water partition coefficient (Wildman–Crippen LogP) is 2.77. The van der Waals surface area contributed by atoms with Gasteiger partial charge in [-0.2, -0.15) is 0 Å². The van der Waals surface area contributed by atoms with Gasteiger partial charge in [0.15, 0.2) is 18.2 Å². The smallest absolute Gasteiger partial charge is 0.258 e. The molecule has 118 valence electrons. The Kier molecular flexibility index (Phi) is 7.42. The van der Waals surface area contributed by atoms with Gasteiger partial charge in [-0.1, -0.05) is 15.9 Å². The lowest BCUT2D eigenvalue weighted by atomic mass is 9.92. The first-order chi connectivity index (χ1) is 9.54. The van der Waals surface area contributed by atoms with Crippen LogP contribution in [0.25, 0.3) is 0 Å². The predicted molar refractivity (Wildman–Crippen MR) is 85.2 cm³/mol. The first-order valence-electron chi connectivity index (χ1n) is 6.67. The van der Waals surface area contributed by atoms with Crippen LogP contribution in [0.15, 0.2) is 22.7 Å². The quantitative estimate of drug-likeness (QED) is 0.843. The van der Waals surface area contributed by atoms with Crippen LogP contribution in [0.2, 0.25) is 0 Å². The molecule has 0 unspecified atom stereocenters. The minimum absolute atomic E-state index is 0. The molecule has 4 nitrogen and oxygen atoms in total. The number of carbonyl (C=O) groups excluding carboxylic acids is 1. The minimum Gasteiger partial charge on any atom is -0.481 e. The normalized spacial score (nSPS) is 21.3. The maximum atomic E-state index is 13.5. The third-order valence-corrected chi connectivity index (χ3v) is 3.88. The maximum absolute atomic E-state index is 13.5. The molecule has 3 N–H and O–H groups in total. The topological polar surface area (TPSA) is 64.3 Å². The summed E-state index contributed by atoms with van der Waals surface area (Å²) in [5, 5.41) is 2.89. The second kappa shape index (κ2) is 8.56. The zero-order valence-electron chi connectivity index (χ0n) is 11.5. The van der Waals surface area contributed by atoms with Gasteiger partial charge in [-0.15, -0.1) is 12.4 Å². The average molecular weight is 382 g/mol. The molecule has 0 bridgehead atoms. The van der Waals surface area contributed by atoms with Crippen LogP contribution in [-0.4, -0.2) is 24.6 Å². The Hall–Kier alpha value is -0.850. The first-order valence-corrected chi connectivity index (χ1v) is 7.46. The Labute approximate surface area is 138 Å². The SMILES string of the molecule is Cl.NC1CCC(NC(=O)COc2ccc(Br)cc2F)CC1. The van der Waals surface area contributed by atoms with Crippen molar-refractivity contribution in [3.05, 3.63) is 28.5 Å². The van der Waals surface area contributed by atoms with E-state index in [0.29, 0.717) is 4.47 Å². The van der Waals surface area contributed by atoms with Gasteiger partial charge < -0.3 is 15.8 Å². The van der Waals surface area contributed by atoms with Crippen molar-refractivity contribution < 1.29 is 13.9 Å². The Morgan fingerprint density at radius 1 is 1.38 bits per heavy atom. The number of nitrogens with one attached hydrogen (secondary N) is 1. The van der Waals surface area contributed by atoms with E-state index >= 15 is 0 Å². The molecule has 0 atom stereocenters. The fourth-order valence-corrected chi connectivity index (χ4v) is 2.60. The van der Waals surface area contributed by atoms with Crippen LogP contribution < -0.4 is 15.8 Å². The molecule has 1 aliphatic rings. The number of carbonyl (C=O) groups is 1. The summed E-state index contributed by atoms with van der Waals surface area (Å²) < 4.78 is 19.3. The Morgan fingerprint density at radius 2 is 2.05 bits per heavy atom. The number of hydrogen-bond acceptors (Lipinski definition) is 3. The molecule has 1 amide bonds. The monoisotopic (exact) mass is 380 g/mol. The third kappa shape index (κ3) is 5.80. The summed E-state index contributed by atoms with van der Waals surface area (Å²) in [6.45, 7) is -0.179. The van der Waals surface area contributed by atoms with Gasteiger partial charge in [0.2, 0.25) is 0 Å². The number of amides is 1. The van der Waals surface area contributed by atoms with Gasteiger partial charge in [0.25, 0.3) is 5.91 Å². The van der Waals surface area contributed by atoms with Crippen molar-refractivity contribution in [1.82, 2.24) is 5.32 Å². The number of nitrogens with two attached hydrogens (primary N) is 1. The zero-order chi connectivity index (χ0) is 14.5. The van der Waals surface area contributed by atoms with E-state index in [1.807, 2.05) is 0 Å². The summed E-state index contributed by atoms with van der Waals surface area (Å²) in [4.78, 5) is 11.7. The maximum Gasteiger partial charge on any atom is 0.258 e. The largest absolute Gasteiger partial charge is 0.481 e. The molecular weight excluding hydrogens is 363 g/mol. The molecule has 1 aliphatic carbocycles. The van der Waals surface area contributed by atoms with Gasteiger partial charge in [-0.05, 0) is 43.9 Å². The van der Waals surface area contributed by atoms with E-state index in [1.165, 1.54) is 12.1 Å². The molecule has 7 heteroatoms. The molecule has 0 aliphatic heterocycles. The van der Waals surface area contributed by atoms with Crippen LogP contribution >= 0.6 is 28.3 Å². The lowest BCUT2D eigenvalue weighted by Crippen LogP contribution is -2.42. The van der Waals surface area contributed by atoms with E-state index in [0.717, 1.165) is 25.7 Å². The lowest BCUT2D eigenvalue weighted by Gasteiger charge is -2.26. The standard InChI is InChI=1S/C14H18BrFN2O2.ClH/c15-9-1-6-13(12(16)7-9)20-8-14(19)18-11-4-2-10(17)3-5-11;/h1,6-7,10-11H,2-5,8,17H2,(H,18,19);1H. The summed E-state index contributed by atoms with van der Waals surface area (Å²) >= 11 is 3.16. The molecule has 1 saturated carbocycles. The Morgan fingerprint density at radius 3 is 2.67 bits per heavy atom. The highest BCUT2D eigenvalue weighted by Gasteiger charge is 2.20. The van der Waals surface area contributed by atoms with Crippen molar-refractivity contribution in [3.8, 4) is 5.75 Å². The molecule has 2 rings (SSSR count). The molecule has 0 spiro atoms. The summed E-state index contributed by atoms with van der Waals surface area (Å²) in [5.41, 5.74) is 5.81. The molecule has 0 radical (unpaired) electrons. The fraction of sp³-hybridized carbons (Fsp3) is 0.500. The Bertz CT molecular complexity index is 482. The minimum atomic E-state index is -0.490. The second-order valence-electron chi connectivity index (χ2n) is 5.04. The number of benzene rings is 1. The van der Waals surface area contributed by atoms with E-state index < -0.39 is 5.82 Å². The zero-order valence-corrected chi connectivity index (χ0v) is 13.9. The first kappa shape index (κ1) is 18.2. The van der Waals surface area contributed by atoms with Crippen molar-refractivity contribution in [3.63, 3.8) is 0 Å². The highest BCUT2D eigenvalue weighted by molar-refractivity contribution is 9.10. The highest BCUT2D eigenvalue weighted by Crippen LogP contribution is 2.21. The van der Waals surface area contributed by atoms with Crippen molar-refractivity contribution in [2.75, 3.05) is 6.61 Å². The van der Waals surface area contributed by atoms with Crippen molar-refractivity contribution >= 4 is 34.2 Å². The highest BCUT2D eigenvalue weighted by atomic mass is 79.9. The Balaban J connectivity index is 0.00000220. The molecule has 1 aromatic rings. The second-order valence-corrected chi connectivity index (χ2v) is 5.96. The van der Waals surface area contributed by atoms with E-state index in [9.17, 15) is 9.18 Å². The van der Waals surface area contributed by atoms with E-state index in [-0.39, 0.29) is 42.8 Å². The van der Waals surface area contributed by atoms with Crippen molar-refractivity contribution in [1.29, 1.82) is 0 Å². The number of rotatable bonds is 4. The number of hydrogen-bond donors (Lipinski definition) is 2. The van der Waals surface area contributed by atoms with Gasteiger partial charge in [0.1, 0.15) is 0 Å². The fourth-order valence-electron chi connectivity index (χ4n) is 2.27. The van der Waals surface area contributed by atoms with Crippen LogP contribution in [-0.2, 0) is 4.79 Å². The van der Waals surface area contributed by atoms with Crippen LogP contribution in [0.4, 0.5) is 4.39 Å². The summed E-state index contributed by atoms with van der Waals surface area (Å²) in [6, 6.07) is 4.86. The van der Waals surface area contributed by atoms with Crippen LogP contribution in [0.1, 0.15) is 25.7 Å². The number of ether oxygens (including phenoxy) is 1. The van der Waals surface area contributed by atoms with Gasteiger partial charge in [0, 0.05) is 16.6 Å². The molecular formula is C14H19BrClFN2O2. The average Bonchev–Trinajstić information content (AvgIpc) is 2.40. The molecule has 0 heterocycles. The van der Waals surface area contributed by atoms with Crippen molar-refractivity contribution in [2.24, 2.45) is 5.73 Å². The number of halogens is 3. The molecule has 21 heavy (non-hydrogen) atoms. The summed E-state index contributed by atoms with van der Waals surface area (Å²) in [6.07, 6.45) is 3.62. The van der Waals surface area contributed by atoms with Crippen LogP contribution in [0, 0.1) is 5.82 Å². The van der Waals surface area contributed by atoms with Gasteiger partial charge in [-0.25, -0.2) is 4.39 Å². The summed E-state index contributed by atoms with van der Waals surface area (Å²) in [7, 11) is 0. The van der Waals surface area contributed by atoms with Crippen molar-refractivity contribution in [2.45, 2.75) is 37.8 Å². The van der Waals surface area contributed by atoms with Gasteiger partial charge >= 0.3 is 0 Å². The van der Waals surface area contributed by atoms with Crippen LogP contribution in [0.3, 0.4) is 0 Å². The lowest BCUT2D eigenvalue weighted by molar-refractivity contribution is -0.124. The molecule has 1 fully saturated rings. The van der Waals surface area contributed by atoms with Crippen LogP contribution in [0.5, 0.6) is 5.75 Å². The van der Waals surface area contributed by atoms with Gasteiger partial charge in [0.05, 0.1) is 0 Å².